The Morgan fingerprint density at radius 1 is 1.11 bits per heavy atom. The van der Waals surface area contributed by atoms with Crippen molar-refractivity contribution >= 4 is 12.0 Å². The highest BCUT2D eigenvalue weighted by Crippen LogP contribution is 2.58. The van der Waals surface area contributed by atoms with E-state index >= 15 is 0 Å². The summed E-state index contributed by atoms with van der Waals surface area (Å²) in [6.45, 7) is 3.89. The number of aromatic hydroxyl groups is 2. The van der Waals surface area contributed by atoms with Gasteiger partial charge in [-0.15, -0.1) is 0 Å². The average molecular weight is 609 g/mol. The lowest BCUT2D eigenvalue weighted by molar-refractivity contribution is -0.117. The van der Waals surface area contributed by atoms with Crippen molar-refractivity contribution in [2.45, 2.75) is 56.9 Å². The summed E-state index contributed by atoms with van der Waals surface area (Å²) >= 11 is 0. The van der Waals surface area contributed by atoms with Gasteiger partial charge in [-0.05, 0) is 56.5 Å². The van der Waals surface area contributed by atoms with Gasteiger partial charge in [0.1, 0.15) is 11.8 Å². The van der Waals surface area contributed by atoms with E-state index in [2.05, 4.69) is 27.3 Å². The SMILES string of the molecule is COc1c(C)cc2c(c1O)[C@@H]1C3Cc4c(O)c(C)c5c(c4[C@H](CNC(=O)/C=C/c4ccccc4)N3[C@@H](C#N)[C@H](C2)N1C)OCO5. The quantitative estimate of drug-likeness (QED) is 0.368. The number of carbonyl (C=O) groups is 1. The number of aryl methyl sites for hydroxylation is 1. The van der Waals surface area contributed by atoms with Gasteiger partial charge in [0.15, 0.2) is 23.0 Å². The molecule has 10 heteroatoms. The summed E-state index contributed by atoms with van der Waals surface area (Å²) in [5.74, 6) is 1.40. The molecule has 1 unspecified atom stereocenters. The minimum absolute atomic E-state index is 0.0183. The van der Waals surface area contributed by atoms with E-state index in [0.29, 0.717) is 41.2 Å². The van der Waals surface area contributed by atoms with Crippen molar-refractivity contribution in [2.75, 3.05) is 27.5 Å². The Morgan fingerprint density at radius 2 is 1.87 bits per heavy atom. The fourth-order valence-corrected chi connectivity index (χ4v) is 8.04. The fraction of sp³-hybridized carbons (Fsp3) is 0.371. The van der Waals surface area contributed by atoms with E-state index in [4.69, 9.17) is 14.2 Å². The third kappa shape index (κ3) is 4.41. The summed E-state index contributed by atoms with van der Waals surface area (Å²) in [6.07, 6.45) is 4.21. The number of nitriles is 1. The second kappa shape index (κ2) is 11.0. The number of likely N-dealkylation sites (N-methyl/N-ethyl adjacent to an activating group) is 1. The molecule has 0 spiro atoms. The summed E-state index contributed by atoms with van der Waals surface area (Å²) in [7, 11) is 3.55. The number of ether oxygens (including phenoxy) is 3. The molecule has 3 aromatic carbocycles. The molecule has 1 fully saturated rings. The largest absolute Gasteiger partial charge is 0.507 e. The molecule has 4 heterocycles. The molecule has 4 aliphatic heterocycles. The molecule has 0 saturated carbocycles. The number of hydrogen-bond donors (Lipinski definition) is 3. The van der Waals surface area contributed by atoms with Crippen molar-refractivity contribution in [1.82, 2.24) is 15.1 Å². The number of hydrogen-bond acceptors (Lipinski definition) is 9. The maximum Gasteiger partial charge on any atom is 0.244 e. The minimum Gasteiger partial charge on any atom is -0.507 e. The van der Waals surface area contributed by atoms with Crippen molar-refractivity contribution in [3.05, 3.63) is 81.4 Å². The number of phenolic OH excluding ortho intramolecular Hbond substituents is 2. The zero-order valence-corrected chi connectivity index (χ0v) is 25.7. The van der Waals surface area contributed by atoms with E-state index in [1.54, 1.807) is 20.1 Å². The van der Waals surface area contributed by atoms with Crippen LogP contribution in [-0.4, -0.2) is 71.5 Å². The predicted molar refractivity (Wildman–Crippen MR) is 166 cm³/mol. The Hall–Kier alpha value is -4.72. The van der Waals surface area contributed by atoms with Gasteiger partial charge in [0.2, 0.25) is 12.7 Å². The lowest BCUT2D eigenvalue weighted by Crippen LogP contribution is -2.68. The standard InChI is InChI=1S/C35H36N4O6/c1-18-12-21-13-23-25(15-36)39-24(30(38(23)3)28(21)32(42)33(18)43-4)14-22-29(35-34(44-17-45-35)19(2)31(22)41)26(39)16-37-27(40)11-10-20-8-6-5-7-9-20/h5-12,23-26,30,41-42H,13-14,16-17H2,1-4H3,(H,37,40)/b11-10+/t23-,24?,25-,26-,30-/m0/s1. The number of phenols is 2. The minimum atomic E-state index is -0.551. The smallest absolute Gasteiger partial charge is 0.244 e. The maximum absolute atomic E-state index is 13.2. The zero-order valence-electron chi connectivity index (χ0n) is 25.7. The van der Waals surface area contributed by atoms with Gasteiger partial charge in [-0.25, -0.2) is 0 Å². The molecule has 5 atom stereocenters. The lowest BCUT2D eigenvalue weighted by Gasteiger charge is -2.60. The molecule has 45 heavy (non-hydrogen) atoms. The van der Waals surface area contributed by atoms with Crippen LogP contribution in [0.2, 0.25) is 0 Å². The number of fused-ring (bicyclic) bond motifs is 9. The monoisotopic (exact) mass is 608 g/mol. The van der Waals surface area contributed by atoms with Crippen LogP contribution in [-0.2, 0) is 17.6 Å². The van der Waals surface area contributed by atoms with Crippen molar-refractivity contribution in [2.24, 2.45) is 0 Å². The van der Waals surface area contributed by atoms with Gasteiger partial charge in [0.25, 0.3) is 0 Å². The first-order valence-corrected chi connectivity index (χ1v) is 15.2. The maximum atomic E-state index is 13.2. The summed E-state index contributed by atoms with van der Waals surface area (Å²) in [5, 5.41) is 37.0. The number of nitrogens with zero attached hydrogens (tertiary/aromatic N) is 3. The molecule has 0 radical (unpaired) electrons. The van der Waals surface area contributed by atoms with Crippen molar-refractivity contribution in [3.8, 4) is 34.8 Å². The van der Waals surface area contributed by atoms with Crippen LogP contribution in [0.15, 0.2) is 42.5 Å². The fourth-order valence-electron chi connectivity index (χ4n) is 8.04. The van der Waals surface area contributed by atoms with Crippen molar-refractivity contribution in [3.63, 3.8) is 0 Å². The summed E-state index contributed by atoms with van der Waals surface area (Å²) in [4.78, 5) is 17.5. The molecule has 1 amide bonds. The third-order valence-electron chi connectivity index (χ3n) is 9.99. The van der Waals surface area contributed by atoms with Crippen LogP contribution < -0.4 is 19.5 Å². The topological polar surface area (TPSA) is 128 Å². The highest BCUT2D eigenvalue weighted by atomic mass is 16.7. The lowest BCUT2D eigenvalue weighted by atomic mass is 9.71. The molecule has 0 aliphatic carbocycles. The van der Waals surface area contributed by atoms with E-state index in [1.165, 1.54) is 6.08 Å². The second-order valence-electron chi connectivity index (χ2n) is 12.3. The van der Waals surface area contributed by atoms with Crippen LogP contribution in [0.25, 0.3) is 6.08 Å². The highest BCUT2D eigenvalue weighted by molar-refractivity contribution is 5.91. The van der Waals surface area contributed by atoms with Gasteiger partial charge in [-0.3, -0.25) is 14.6 Å². The van der Waals surface area contributed by atoms with Crippen molar-refractivity contribution < 1.29 is 29.2 Å². The molecule has 3 aromatic rings. The van der Waals surface area contributed by atoms with E-state index in [9.17, 15) is 20.3 Å². The first kappa shape index (κ1) is 29.0. The third-order valence-corrected chi connectivity index (χ3v) is 9.99. The van der Waals surface area contributed by atoms with E-state index in [-0.39, 0.29) is 48.9 Å². The van der Waals surface area contributed by atoms with Gasteiger partial charge >= 0.3 is 0 Å². The average Bonchev–Trinajstić information content (AvgIpc) is 3.53. The van der Waals surface area contributed by atoms with Crippen LogP contribution in [0.3, 0.4) is 0 Å². The molecule has 10 nitrogen and oxygen atoms in total. The summed E-state index contributed by atoms with van der Waals surface area (Å²) in [6, 6.07) is 12.3. The molecule has 0 aromatic heterocycles. The molecule has 1 saturated heterocycles. The van der Waals surface area contributed by atoms with Gasteiger partial charge in [-0.2, -0.15) is 5.26 Å². The molecule has 2 bridgehead atoms. The Balaban J connectivity index is 1.36. The number of nitrogens with one attached hydrogen (secondary N) is 1. The van der Waals surface area contributed by atoms with E-state index < -0.39 is 12.1 Å². The molecular weight excluding hydrogens is 572 g/mol. The molecule has 7 rings (SSSR count). The number of amides is 1. The highest BCUT2D eigenvalue weighted by Gasteiger charge is 2.56. The number of piperazine rings is 1. The van der Waals surface area contributed by atoms with E-state index in [0.717, 1.165) is 27.8 Å². The molecule has 4 aliphatic rings. The Labute approximate surface area is 262 Å². The predicted octanol–water partition coefficient (Wildman–Crippen LogP) is 4.05. The van der Waals surface area contributed by atoms with Gasteiger partial charge in [-0.1, -0.05) is 36.4 Å². The van der Waals surface area contributed by atoms with Crippen LogP contribution in [0, 0.1) is 25.2 Å². The second-order valence-corrected chi connectivity index (χ2v) is 12.3. The van der Waals surface area contributed by atoms with Gasteiger partial charge in [0.05, 0.1) is 25.3 Å². The normalized spacial score (nSPS) is 24.8. The number of rotatable bonds is 5. The number of benzene rings is 3. The van der Waals surface area contributed by atoms with E-state index in [1.807, 2.05) is 44.3 Å². The molecule has 3 N–H and O–H groups in total. The summed E-state index contributed by atoms with van der Waals surface area (Å²) < 4.78 is 17.4. The first-order valence-electron chi connectivity index (χ1n) is 15.2. The van der Waals surface area contributed by atoms with Crippen LogP contribution in [0.5, 0.6) is 28.7 Å². The Kier molecular flexibility index (Phi) is 7.10. The summed E-state index contributed by atoms with van der Waals surface area (Å²) in [5.41, 5.74) is 5.52. The van der Waals surface area contributed by atoms with Crippen LogP contribution in [0.1, 0.15) is 51.0 Å². The number of methoxy groups -OCH3 is 1. The van der Waals surface area contributed by atoms with Crippen LogP contribution in [0.4, 0.5) is 0 Å². The van der Waals surface area contributed by atoms with Crippen LogP contribution >= 0.6 is 0 Å². The molecule has 232 valence electrons. The number of carbonyl (C=O) groups excluding carboxylic acids is 1. The van der Waals surface area contributed by atoms with Gasteiger partial charge in [0, 0.05) is 47.0 Å². The first-order chi connectivity index (χ1) is 21.7. The zero-order chi connectivity index (χ0) is 31.6. The Morgan fingerprint density at radius 3 is 2.60 bits per heavy atom. The molecular formula is C35H36N4O6. The Bertz CT molecular complexity index is 1770. The van der Waals surface area contributed by atoms with Crippen molar-refractivity contribution in [1.29, 1.82) is 5.26 Å². The van der Waals surface area contributed by atoms with Gasteiger partial charge < -0.3 is 29.7 Å².